The van der Waals surface area contributed by atoms with E-state index in [-0.39, 0.29) is 28.3 Å². The fourth-order valence-corrected chi connectivity index (χ4v) is 2.61. The number of halogens is 2. The first-order chi connectivity index (χ1) is 11.0. The molecule has 0 radical (unpaired) electrons. The molecule has 2 heterocycles. The van der Waals surface area contributed by atoms with Crippen LogP contribution in [0.1, 0.15) is 22.3 Å². The molecule has 0 unspecified atom stereocenters. The molecule has 0 saturated carbocycles. The molecule has 8 heteroatoms. The van der Waals surface area contributed by atoms with Gasteiger partial charge in [0.2, 0.25) is 5.91 Å². The fraction of sp³-hybridized carbons (Fsp3) is 0.200. The molecule has 0 saturated heterocycles. The molecule has 1 amide bonds. The molecular weight excluding hydrogens is 341 g/mol. The molecule has 1 N–H and O–H groups in total. The molecule has 0 fully saturated rings. The lowest BCUT2D eigenvalue weighted by Crippen LogP contribution is -2.27. The number of hydrogen-bond acceptors (Lipinski definition) is 4. The fourth-order valence-electron chi connectivity index (χ4n) is 2.34. The molecule has 1 aromatic heterocycles. The van der Waals surface area contributed by atoms with Crippen molar-refractivity contribution >= 4 is 40.6 Å². The zero-order valence-corrected chi connectivity index (χ0v) is 13.3. The summed E-state index contributed by atoms with van der Waals surface area (Å²) in [5.74, 6) is -0.319. The molecule has 0 aliphatic carbocycles. The molecule has 118 valence electrons. The van der Waals surface area contributed by atoms with E-state index in [1.54, 1.807) is 18.2 Å². The van der Waals surface area contributed by atoms with Gasteiger partial charge in [0.15, 0.2) is 5.78 Å². The second kappa shape index (κ2) is 6.14. The van der Waals surface area contributed by atoms with E-state index in [0.29, 0.717) is 24.1 Å². The average Bonchev–Trinajstić information content (AvgIpc) is 2.54. The molecule has 1 aromatic carbocycles. The lowest BCUT2D eigenvalue weighted by atomic mass is 9.99. The van der Waals surface area contributed by atoms with Gasteiger partial charge in [-0.3, -0.25) is 14.4 Å². The van der Waals surface area contributed by atoms with E-state index in [1.807, 2.05) is 0 Å². The second-order valence-corrected chi connectivity index (χ2v) is 5.90. The third kappa shape index (κ3) is 3.13. The predicted molar refractivity (Wildman–Crippen MR) is 86.2 cm³/mol. The van der Waals surface area contributed by atoms with E-state index in [2.05, 4.69) is 10.4 Å². The van der Waals surface area contributed by atoms with Crippen molar-refractivity contribution in [1.82, 2.24) is 9.78 Å². The maximum absolute atomic E-state index is 12.3. The summed E-state index contributed by atoms with van der Waals surface area (Å²) in [5, 5.41) is 6.44. The monoisotopic (exact) mass is 351 g/mol. The second-order valence-electron chi connectivity index (χ2n) is 5.11. The average molecular weight is 352 g/mol. The molecule has 23 heavy (non-hydrogen) atoms. The smallest absolute Gasteiger partial charge is 0.287 e. The summed E-state index contributed by atoms with van der Waals surface area (Å²) in [4.78, 5) is 35.6. The lowest BCUT2D eigenvalue weighted by Gasteiger charge is -2.17. The predicted octanol–water partition coefficient (Wildman–Crippen LogP) is 2.32. The van der Waals surface area contributed by atoms with Gasteiger partial charge in [-0.15, -0.1) is 0 Å². The van der Waals surface area contributed by atoms with E-state index in [1.165, 1.54) is 6.20 Å². The minimum Gasteiger partial charge on any atom is -0.326 e. The Morgan fingerprint density at radius 3 is 2.83 bits per heavy atom. The van der Waals surface area contributed by atoms with Gasteiger partial charge >= 0.3 is 0 Å². The van der Waals surface area contributed by atoms with Gasteiger partial charge in [0, 0.05) is 17.7 Å². The number of nitrogens with zero attached hydrogens (tertiary/aromatic N) is 2. The number of aromatic nitrogens is 2. The molecule has 1 aliphatic heterocycles. The Labute approximate surface area is 141 Å². The maximum Gasteiger partial charge on any atom is 0.287 e. The summed E-state index contributed by atoms with van der Waals surface area (Å²) < 4.78 is 0.970. The SMILES string of the molecule is O=C1CCc2cc(C(=O)Cn3ncc(Cl)c(Cl)c3=O)ccc2N1. The Morgan fingerprint density at radius 2 is 2.04 bits per heavy atom. The first-order valence-corrected chi connectivity index (χ1v) is 7.58. The summed E-state index contributed by atoms with van der Waals surface area (Å²) in [7, 11) is 0. The van der Waals surface area contributed by atoms with Crippen molar-refractivity contribution in [2.45, 2.75) is 19.4 Å². The first kappa shape index (κ1) is 15.7. The van der Waals surface area contributed by atoms with Crippen molar-refractivity contribution in [3.05, 3.63) is 55.9 Å². The summed E-state index contributed by atoms with van der Waals surface area (Å²) in [6.07, 6.45) is 2.19. The molecule has 6 nitrogen and oxygen atoms in total. The van der Waals surface area contributed by atoms with Gasteiger partial charge in [-0.1, -0.05) is 23.2 Å². The van der Waals surface area contributed by atoms with Gasteiger partial charge in [-0.05, 0) is 30.2 Å². The largest absolute Gasteiger partial charge is 0.326 e. The van der Waals surface area contributed by atoms with Gasteiger partial charge in [-0.25, -0.2) is 4.68 Å². The highest BCUT2D eigenvalue weighted by Crippen LogP contribution is 2.24. The Kier molecular flexibility index (Phi) is 4.19. The lowest BCUT2D eigenvalue weighted by molar-refractivity contribution is -0.116. The van der Waals surface area contributed by atoms with Crippen molar-refractivity contribution in [2.24, 2.45) is 0 Å². The number of benzene rings is 1. The molecule has 0 atom stereocenters. The Bertz CT molecular complexity index is 877. The number of anilines is 1. The van der Waals surface area contributed by atoms with E-state index in [0.717, 1.165) is 10.2 Å². The van der Waals surface area contributed by atoms with Crippen molar-refractivity contribution in [3.63, 3.8) is 0 Å². The van der Waals surface area contributed by atoms with Crippen molar-refractivity contribution < 1.29 is 9.59 Å². The number of ketones is 1. The van der Waals surface area contributed by atoms with Crippen LogP contribution in [0, 0.1) is 0 Å². The summed E-state index contributed by atoms with van der Waals surface area (Å²) in [6, 6.07) is 5.01. The summed E-state index contributed by atoms with van der Waals surface area (Å²) >= 11 is 11.5. The highest BCUT2D eigenvalue weighted by Gasteiger charge is 2.18. The molecule has 1 aliphatic rings. The molecule has 0 spiro atoms. The van der Waals surface area contributed by atoms with Crippen LogP contribution >= 0.6 is 23.2 Å². The zero-order chi connectivity index (χ0) is 16.6. The van der Waals surface area contributed by atoms with Crippen LogP contribution in [0.5, 0.6) is 0 Å². The molecule has 0 bridgehead atoms. The van der Waals surface area contributed by atoms with Crippen LogP contribution in [-0.4, -0.2) is 21.5 Å². The molecule has 2 aromatic rings. The standard InChI is InChI=1S/C15H11Cl2N3O3/c16-10-6-18-20(15(23)14(10)17)7-12(21)9-1-3-11-8(5-9)2-4-13(22)19-11/h1,3,5-6H,2,4,7H2,(H,19,22). The first-order valence-electron chi connectivity index (χ1n) is 6.83. The number of amides is 1. The molecule has 3 rings (SSSR count). The van der Waals surface area contributed by atoms with Gasteiger partial charge in [0.05, 0.1) is 11.2 Å². The highest BCUT2D eigenvalue weighted by molar-refractivity contribution is 6.41. The summed E-state index contributed by atoms with van der Waals surface area (Å²) in [5.41, 5.74) is 1.44. The minimum absolute atomic E-state index is 0.0388. The van der Waals surface area contributed by atoms with E-state index in [9.17, 15) is 14.4 Å². The van der Waals surface area contributed by atoms with Crippen LogP contribution in [0.3, 0.4) is 0 Å². The third-order valence-electron chi connectivity index (χ3n) is 3.56. The van der Waals surface area contributed by atoms with Crippen molar-refractivity contribution in [3.8, 4) is 0 Å². The minimum atomic E-state index is -0.613. The van der Waals surface area contributed by atoms with Crippen LogP contribution in [0.4, 0.5) is 5.69 Å². The Hall–Kier alpha value is -2.18. The van der Waals surface area contributed by atoms with Crippen molar-refractivity contribution in [2.75, 3.05) is 5.32 Å². The van der Waals surface area contributed by atoms with Gasteiger partial charge < -0.3 is 5.32 Å². The number of hydrogen-bond donors (Lipinski definition) is 1. The number of rotatable bonds is 3. The number of carbonyl (C=O) groups excluding carboxylic acids is 2. The topological polar surface area (TPSA) is 81.1 Å². The van der Waals surface area contributed by atoms with E-state index in [4.69, 9.17) is 23.2 Å². The van der Waals surface area contributed by atoms with Crippen LogP contribution in [0.2, 0.25) is 10.0 Å². The zero-order valence-electron chi connectivity index (χ0n) is 11.8. The number of nitrogens with one attached hydrogen (secondary N) is 1. The third-order valence-corrected chi connectivity index (χ3v) is 4.31. The van der Waals surface area contributed by atoms with Crippen LogP contribution < -0.4 is 10.9 Å². The molecular formula is C15H11Cl2N3O3. The van der Waals surface area contributed by atoms with Crippen molar-refractivity contribution in [1.29, 1.82) is 0 Å². The summed E-state index contributed by atoms with van der Waals surface area (Å²) in [6.45, 7) is -0.235. The normalized spacial score (nSPS) is 13.4. The van der Waals surface area contributed by atoms with Crippen LogP contribution in [-0.2, 0) is 17.8 Å². The van der Waals surface area contributed by atoms with Crippen LogP contribution in [0.25, 0.3) is 0 Å². The maximum atomic E-state index is 12.3. The van der Waals surface area contributed by atoms with Gasteiger partial charge in [-0.2, -0.15) is 5.10 Å². The Morgan fingerprint density at radius 1 is 1.26 bits per heavy atom. The van der Waals surface area contributed by atoms with Crippen LogP contribution in [0.15, 0.2) is 29.2 Å². The van der Waals surface area contributed by atoms with Gasteiger partial charge in [0.1, 0.15) is 11.6 Å². The number of Topliss-reactive ketones (excluding diaryl/α,β-unsaturated/α-hetero) is 1. The number of aryl methyl sites for hydroxylation is 1. The van der Waals surface area contributed by atoms with E-state index < -0.39 is 5.56 Å². The Balaban J connectivity index is 1.86. The van der Waals surface area contributed by atoms with Gasteiger partial charge in [0.25, 0.3) is 5.56 Å². The quantitative estimate of drug-likeness (QED) is 0.860. The highest BCUT2D eigenvalue weighted by atomic mass is 35.5. The number of carbonyl (C=O) groups is 2. The number of fused-ring (bicyclic) bond motifs is 1. The van der Waals surface area contributed by atoms with E-state index >= 15 is 0 Å².